The molecule has 1 unspecified atom stereocenters. The third-order valence-electron chi connectivity index (χ3n) is 2.39. The van der Waals surface area contributed by atoms with Crippen molar-refractivity contribution in [2.24, 2.45) is 5.73 Å². The van der Waals surface area contributed by atoms with Crippen LogP contribution in [0.1, 0.15) is 24.9 Å². The van der Waals surface area contributed by atoms with Crippen molar-refractivity contribution in [2.45, 2.75) is 26.0 Å². The zero-order chi connectivity index (χ0) is 12.7. The minimum atomic E-state index is -2.82. The number of nitrogens with two attached hydrogens (primary N) is 1. The predicted molar refractivity (Wildman–Crippen MR) is 63.2 cm³/mol. The van der Waals surface area contributed by atoms with Crippen LogP contribution in [-0.2, 0) is 0 Å². The number of halogens is 2. The van der Waals surface area contributed by atoms with E-state index in [1.165, 1.54) is 6.07 Å². The standard InChI is InChI=1S/C12H18F2N2O/c1-2-7-16-10(8-15)9-5-3-4-6-11(9)17-12(13)14/h3-6,10,12,16H,2,7-8,15H2,1H3. The molecule has 96 valence electrons. The lowest BCUT2D eigenvalue weighted by Crippen LogP contribution is -2.29. The Bertz CT molecular complexity index is 334. The van der Waals surface area contributed by atoms with Crippen molar-refractivity contribution in [1.29, 1.82) is 0 Å². The number of hydrogen-bond donors (Lipinski definition) is 2. The second-order valence-corrected chi connectivity index (χ2v) is 3.66. The average molecular weight is 244 g/mol. The smallest absolute Gasteiger partial charge is 0.387 e. The molecule has 17 heavy (non-hydrogen) atoms. The second-order valence-electron chi connectivity index (χ2n) is 3.66. The fourth-order valence-corrected chi connectivity index (χ4v) is 1.61. The predicted octanol–water partition coefficient (Wildman–Crippen LogP) is 2.29. The molecule has 5 heteroatoms. The molecule has 1 rings (SSSR count). The van der Waals surface area contributed by atoms with Gasteiger partial charge in [0.15, 0.2) is 0 Å². The van der Waals surface area contributed by atoms with Gasteiger partial charge in [-0.2, -0.15) is 8.78 Å². The van der Waals surface area contributed by atoms with Crippen molar-refractivity contribution < 1.29 is 13.5 Å². The summed E-state index contributed by atoms with van der Waals surface area (Å²) in [5.41, 5.74) is 6.31. The van der Waals surface area contributed by atoms with E-state index < -0.39 is 6.61 Å². The van der Waals surface area contributed by atoms with Crippen LogP contribution in [0.15, 0.2) is 24.3 Å². The van der Waals surface area contributed by atoms with E-state index in [1.54, 1.807) is 18.2 Å². The minimum Gasteiger partial charge on any atom is -0.434 e. The topological polar surface area (TPSA) is 47.3 Å². The fraction of sp³-hybridized carbons (Fsp3) is 0.500. The number of benzene rings is 1. The van der Waals surface area contributed by atoms with Gasteiger partial charge in [0.25, 0.3) is 0 Å². The van der Waals surface area contributed by atoms with Crippen molar-refractivity contribution in [3.05, 3.63) is 29.8 Å². The molecule has 3 N–H and O–H groups in total. The summed E-state index contributed by atoms with van der Waals surface area (Å²) in [5, 5.41) is 3.20. The molecule has 0 aliphatic rings. The van der Waals surface area contributed by atoms with Gasteiger partial charge in [-0.3, -0.25) is 0 Å². The van der Waals surface area contributed by atoms with Gasteiger partial charge in [0, 0.05) is 18.2 Å². The third kappa shape index (κ3) is 4.28. The zero-order valence-corrected chi connectivity index (χ0v) is 9.83. The lowest BCUT2D eigenvalue weighted by molar-refractivity contribution is -0.0507. The Morgan fingerprint density at radius 3 is 2.65 bits per heavy atom. The first-order valence-corrected chi connectivity index (χ1v) is 5.66. The van der Waals surface area contributed by atoms with E-state index >= 15 is 0 Å². The highest BCUT2D eigenvalue weighted by Gasteiger charge is 2.16. The molecule has 3 nitrogen and oxygen atoms in total. The van der Waals surface area contributed by atoms with Gasteiger partial charge in [-0.1, -0.05) is 25.1 Å². The molecule has 0 amide bonds. The molecule has 0 bridgehead atoms. The van der Waals surface area contributed by atoms with Gasteiger partial charge in [-0.15, -0.1) is 0 Å². The lowest BCUT2D eigenvalue weighted by Gasteiger charge is -2.20. The molecule has 1 atom stereocenters. The van der Waals surface area contributed by atoms with Gasteiger partial charge in [0.1, 0.15) is 5.75 Å². The molecule has 0 fully saturated rings. The van der Waals surface area contributed by atoms with Gasteiger partial charge in [0.05, 0.1) is 0 Å². The zero-order valence-electron chi connectivity index (χ0n) is 9.83. The summed E-state index contributed by atoms with van der Waals surface area (Å²) >= 11 is 0. The number of rotatable bonds is 7. The second kappa shape index (κ2) is 7.19. The maximum Gasteiger partial charge on any atom is 0.387 e. The van der Waals surface area contributed by atoms with Crippen LogP contribution in [0.4, 0.5) is 8.78 Å². The van der Waals surface area contributed by atoms with Gasteiger partial charge >= 0.3 is 6.61 Å². The summed E-state index contributed by atoms with van der Waals surface area (Å²) in [5.74, 6) is 0.182. The van der Waals surface area contributed by atoms with E-state index in [9.17, 15) is 8.78 Å². The number of hydrogen-bond acceptors (Lipinski definition) is 3. The van der Waals surface area contributed by atoms with Crippen LogP contribution in [0.25, 0.3) is 0 Å². The maximum atomic E-state index is 12.2. The monoisotopic (exact) mass is 244 g/mol. The molecular formula is C12H18F2N2O. The van der Waals surface area contributed by atoms with Crippen molar-refractivity contribution in [1.82, 2.24) is 5.32 Å². The SMILES string of the molecule is CCCNC(CN)c1ccccc1OC(F)F. The summed E-state index contributed by atoms with van der Waals surface area (Å²) in [6, 6.07) is 6.55. The van der Waals surface area contributed by atoms with E-state index in [-0.39, 0.29) is 11.8 Å². The summed E-state index contributed by atoms with van der Waals surface area (Å²) in [6.45, 7) is 0.331. The van der Waals surface area contributed by atoms with Crippen LogP contribution in [0, 0.1) is 0 Å². The molecule has 0 radical (unpaired) electrons. The first kappa shape index (κ1) is 13.9. The van der Waals surface area contributed by atoms with Gasteiger partial charge < -0.3 is 15.8 Å². The summed E-state index contributed by atoms with van der Waals surface area (Å²) < 4.78 is 29.0. The Hall–Kier alpha value is -1.20. The lowest BCUT2D eigenvalue weighted by atomic mass is 10.1. The van der Waals surface area contributed by atoms with Crippen molar-refractivity contribution in [3.63, 3.8) is 0 Å². The van der Waals surface area contributed by atoms with E-state index in [0.717, 1.165) is 13.0 Å². The Morgan fingerprint density at radius 2 is 2.06 bits per heavy atom. The van der Waals surface area contributed by atoms with Crippen LogP contribution in [0.3, 0.4) is 0 Å². The summed E-state index contributed by atoms with van der Waals surface area (Å²) in [4.78, 5) is 0. The van der Waals surface area contributed by atoms with Crippen LogP contribution in [0.2, 0.25) is 0 Å². The van der Waals surface area contributed by atoms with E-state index in [0.29, 0.717) is 12.1 Å². The molecule has 0 heterocycles. The molecule has 0 saturated carbocycles. The third-order valence-corrected chi connectivity index (χ3v) is 2.39. The Balaban J connectivity index is 2.85. The molecule has 0 aliphatic heterocycles. The normalized spacial score (nSPS) is 12.8. The molecular weight excluding hydrogens is 226 g/mol. The van der Waals surface area contributed by atoms with E-state index in [2.05, 4.69) is 10.1 Å². The van der Waals surface area contributed by atoms with Gasteiger partial charge in [0.2, 0.25) is 0 Å². The van der Waals surface area contributed by atoms with Crippen LogP contribution in [-0.4, -0.2) is 19.7 Å². The highest BCUT2D eigenvalue weighted by atomic mass is 19.3. The molecule has 0 spiro atoms. The van der Waals surface area contributed by atoms with Crippen molar-refractivity contribution in [2.75, 3.05) is 13.1 Å². The van der Waals surface area contributed by atoms with Crippen LogP contribution < -0.4 is 15.8 Å². The van der Waals surface area contributed by atoms with Crippen LogP contribution in [0.5, 0.6) is 5.75 Å². The summed E-state index contributed by atoms with van der Waals surface area (Å²) in [7, 11) is 0. The highest BCUT2D eigenvalue weighted by Crippen LogP contribution is 2.25. The fourth-order valence-electron chi connectivity index (χ4n) is 1.61. The first-order valence-electron chi connectivity index (χ1n) is 5.66. The molecule has 0 aromatic heterocycles. The number of alkyl halides is 2. The maximum absolute atomic E-state index is 12.2. The largest absolute Gasteiger partial charge is 0.434 e. The molecule has 1 aromatic rings. The number of para-hydroxylation sites is 1. The van der Waals surface area contributed by atoms with E-state index in [1.807, 2.05) is 6.92 Å². The number of ether oxygens (including phenoxy) is 1. The molecule has 0 saturated heterocycles. The summed E-state index contributed by atoms with van der Waals surface area (Å²) in [6.07, 6.45) is 0.953. The highest BCUT2D eigenvalue weighted by molar-refractivity contribution is 5.36. The van der Waals surface area contributed by atoms with Gasteiger partial charge in [-0.25, -0.2) is 0 Å². The van der Waals surface area contributed by atoms with E-state index in [4.69, 9.17) is 5.73 Å². The van der Waals surface area contributed by atoms with Gasteiger partial charge in [-0.05, 0) is 19.0 Å². The van der Waals surface area contributed by atoms with Crippen molar-refractivity contribution >= 4 is 0 Å². The molecule has 0 aliphatic carbocycles. The first-order chi connectivity index (χ1) is 8.19. The minimum absolute atomic E-state index is 0.162. The Labute approximate surface area is 100.0 Å². The van der Waals surface area contributed by atoms with Crippen LogP contribution >= 0.6 is 0 Å². The number of nitrogens with one attached hydrogen (secondary N) is 1. The quantitative estimate of drug-likeness (QED) is 0.773. The Kier molecular flexibility index (Phi) is 5.86. The molecule has 1 aromatic carbocycles. The Morgan fingerprint density at radius 1 is 1.35 bits per heavy atom. The van der Waals surface area contributed by atoms with Crippen molar-refractivity contribution in [3.8, 4) is 5.75 Å². The average Bonchev–Trinajstić information content (AvgIpc) is 2.31.